The molecule has 0 aliphatic rings. The number of hydrogen-bond acceptors (Lipinski definition) is 8. The lowest BCUT2D eigenvalue weighted by molar-refractivity contribution is -0.136. The summed E-state index contributed by atoms with van der Waals surface area (Å²) < 4.78 is 4.18. The van der Waals surface area contributed by atoms with Gasteiger partial charge in [-0.1, -0.05) is 0 Å². The molecule has 0 spiro atoms. The molecule has 0 radical (unpaired) electrons. The van der Waals surface area contributed by atoms with Crippen LogP contribution in [-0.4, -0.2) is 75.5 Å². The molecule has 0 unspecified atom stereocenters. The van der Waals surface area contributed by atoms with E-state index in [0.717, 1.165) is 0 Å². The Morgan fingerprint density at radius 3 is 2.00 bits per heavy atom. The summed E-state index contributed by atoms with van der Waals surface area (Å²) in [4.78, 5) is 19.5. The van der Waals surface area contributed by atoms with Crippen LogP contribution in [-0.2, 0) is 9.53 Å². The van der Waals surface area contributed by atoms with Crippen LogP contribution in [0.4, 0.5) is 4.79 Å². The summed E-state index contributed by atoms with van der Waals surface area (Å²) in [6.45, 7) is 1.30. The molecule has 0 saturated heterocycles. The van der Waals surface area contributed by atoms with Crippen molar-refractivity contribution >= 4 is 12.4 Å². The largest absolute Gasteiger partial charge is 0.450 e. The minimum absolute atomic E-state index is 0.0258. The molecular formula is C9H19NO8. The van der Waals surface area contributed by atoms with Gasteiger partial charge >= 0.3 is 6.09 Å². The van der Waals surface area contributed by atoms with E-state index < -0.39 is 37.1 Å². The molecule has 0 aromatic carbocycles. The zero-order valence-electron chi connectivity index (χ0n) is 9.84. The molecule has 9 nitrogen and oxygen atoms in total. The van der Waals surface area contributed by atoms with E-state index in [0.29, 0.717) is 6.61 Å². The molecule has 0 rings (SSSR count). The van der Waals surface area contributed by atoms with Gasteiger partial charge in [0.25, 0.3) is 0 Å². The molecule has 0 aliphatic carbocycles. The second-order valence-electron chi connectivity index (χ2n) is 3.11. The number of amides is 1. The van der Waals surface area contributed by atoms with E-state index in [1.54, 1.807) is 6.92 Å². The van der Waals surface area contributed by atoms with Gasteiger partial charge in [0.05, 0.1) is 13.2 Å². The lowest BCUT2D eigenvalue weighted by atomic mass is 10.0. The molecule has 1 amide bonds. The van der Waals surface area contributed by atoms with Gasteiger partial charge in [-0.05, 0) is 6.92 Å². The summed E-state index contributed by atoms with van der Waals surface area (Å²) in [5.41, 5.74) is 4.54. The van der Waals surface area contributed by atoms with Gasteiger partial charge in [-0.15, -0.1) is 0 Å². The van der Waals surface area contributed by atoms with E-state index in [-0.39, 0.29) is 6.29 Å². The first-order valence-electron chi connectivity index (χ1n) is 5.02. The normalized spacial score (nSPS) is 16.6. The van der Waals surface area contributed by atoms with Crippen LogP contribution in [0.2, 0.25) is 0 Å². The van der Waals surface area contributed by atoms with Gasteiger partial charge in [-0.3, -0.25) is 0 Å². The van der Waals surface area contributed by atoms with Crippen molar-refractivity contribution in [2.24, 2.45) is 5.73 Å². The average Bonchev–Trinajstić information content (AvgIpc) is 2.35. The van der Waals surface area contributed by atoms with E-state index in [9.17, 15) is 9.59 Å². The van der Waals surface area contributed by atoms with Crippen molar-refractivity contribution in [3.63, 3.8) is 0 Å². The number of ether oxygens (including phenoxy) is 1. The third-order valence-corrected chi connectivity index (χ3v) is 1.71. The Hall–Kier alpha value is -1.26. The Kier molecular flexibility index (Phi) is 11.5. The van der Waals surface area contributed by atoms with Crippen LogP contribution in [0.1, 0.15) is 6.92 Å². The van der Waals surface area contributed by atoms with E-state index in [1.165, 1.54) is 0 Å². The zero-order valence-corrected chi connectivity index (χ0v) is 9.84. The number of rotatable bonds is 6. The molecular weight excluding hydrogens is 250 g/mol. The Labute approximate surface area is 103 Å². The number of aldehydes is 1. The molecule has 108 valence electrons. The van der Waals surface area contributed by atoms with Crippen LogP contribution >= 0.6 is 0 Å². The standard InChI is InChI=1S/C6H12O6.C3H7NO2/c7-1-3(9)5(11)6(12)4(10)2-8;1-2-6-3(4)5/h1,3-6,8-12H,2H2;2H2,1H3,(H2,4,5)/t3-,4+,5+,6+;/m0./s1. The minimum Gasteiger partial charge on any atom is -0.450 e. The average molecular weight is 269 g/mol. The first kappa shape index (κ1) is 19.1. The van der Waals surface area contributed by atoms with Crippen molar-refractivity contribution in [2.75, 3.05) is 13.2 Å². The predicted molar refractivity (Wildman–Crippen MR) is 58.4 cm³/mol. The summed E-state index contributed by atoms with van der Waals surface area (Å²) in [7, 11) is 0. The molecule has 0 aromatic rings. The predicted octanol–water partition coefficient (Wildman–Crippen LogP) is -3.28. The topological polar surface area (TPSA) is 171 Å². The maximum atomic E-state index is 9.90. The second kappa shape index (κ2) is 10.9. The van der Waals surface area contributed by atoms with E-state index in [4.69, 9.17) is 25.5 Å². The van der Waals surface area contributed by atoms with Gasteiger partial charge in [0.1, 0.15) is 24.4 Å². The Bertz CT molecular complexity index is 237. The fourth-order valence-electron chi connectivity index (χ4n) is 0.760. The van der Waals surface area contributed by atoms with Crippen LogP contribution < -0.4 is 5.73 Å². The van der Waals surface area contributed by atoms with Gasteiger partial charge in [-0.2, -0.15) is 0 Å². The third kappa shape index (κ3) is 8.84. The van der Waals surface area contributed by atoms with Crippen molar-refractivity contribution in [3.05, 3.63) is 0 Å². The SMILES string of the molecule is CCOC(N)=O.O=C[C@H](O)[C@@H](O)[C@H](O)[C@H](O)CO. The van der Waals surface area contributed by atoms with Gasteiger partial charge < -0.3 is 40.8 Å². The Balaban J connectivity index is 0. The lowest BCUT2D eigenvalue weighted by Gasteiger charge is -2.22. The highest BCUT2D eigenvalue weighted by molar-refractivity contribution is 5.64. The van der Waals surface area contributed by atoms with Gasteiger partial charge in [0.15, 0.2) is 6.29 Å². The van der Waals surface area contributed by atoms with Crippen LogP contribution in [0, 0.1) is 0 Å². The van der Waals surface area contributed by atoms with E-state index in [2.05, 4.69) is 10.5 Å². The van der Waals surface area contributed by atoms with E-state index in [1.807, 2.05) is 0 Å². The maximum absolute atomic E-state index is 9.90. The minimum atomic E-state index is -1.79. The molecule has 0 saturated carbocycles. The zero-order chi connectivity index (χ0) is 14.7. The van der Waals surface area contributed by atoms with Crippen molar-refractivity contribution < 1.29 is 39.9 Å². The summed E-state index contributed by atoms with van der Waals surface area (Å²) >= 11 is 0. The summed E-state index contributed by atoms with van der Waals surface area (Å²) in [6.07, 6.45) is -7.55. The quantitative estimate of drug-likeness (QED) is 0.272. The third-order valence-electron chi connectivity index (χ3n) is 1.71. The molecule has 0 fully saturated rings. The number of nitrogens with two attached hydrogens (primary N) is 1. The van der Waals surface area contributed by atoms with Gasteiger partial charge in [0.2, 0.25) is 0 Å². The number of primary amides is 1. The van der Waals surface area contributed by atoms with Crippen LogP contribution in [0.25, 0.3) is 0 Å². The molecule has 0 aromatic heterocycles. The first-order valence-corrected chi connectivity index (χ1v) is 5.02. The Morgan fingerprint density at radius 1 is 1.28 bits per heavy atom. The Morgan fingerprint density at radius 2 is 1.78 bits per heavy atom. The molecule has 0 heterocycles. The maximum Gasteiger partial charge on any atom is 0.404 e. The molecule has 7 N–H and O–H groups in total. The molecule has 0 aliphatic heterocycles. The number of hydrogen-bond donors (Lipinski definition) is 6. The molecule has 0 bridgehead atoms. The van der Waals surface area contributed by atoms with Gasteiger partial charge in [0, 0.05) is 0 Å². The molecule has 9 heteroatoms. The van der Waals surface area contributed by atoms with Crippen LogP contribution in [0.3, 0.4) is 0 Å². The fourth-order valence-corrected chi connectivity index (χ4v) is 0.760. The second-order valence-corrected chi connectivity index (χ2v) is 3.11. The summed E-state index contributed by atoms with van der Waals surface area (Å²) in [6, 6.07) is 0. The van der Waals surface area contributed by atoms with Crippen molar-refractivity contribution in [2.45, 2.75) is 31.3 Å². The van der Waals surface area contributed by atoms with E-state index >= 15 is 0 Å². The number of carbonyl (C=O) groups excluding carboxylic acids is 2. The number of aliphatic hydroxyl groups is 5. The smallest absolute Gasteiger partial charge is 0.404 e. The highest BCUT2D eigenvalue weighted by atomic mass is 16.5. The highest BCUT2D eigenvalue weighted by Crippen LogP contribution is 2.02. The van der Waals surface area contributed by atoms with Gasteiger partial charge in [-0.25, -0.2) is 4.79 Å². The first-order chi connectivity index (χ1) is 8.31. The number of aliphatic hydroxyl groups excluding tert-OH is 5. The molecule has 4 atom stereocenters. The number of carbonyl (C=O) groups is 2. The summed E-state index contributed by atoms with van der Waals surface area (Å²) in [5.74, 6) is 0. The summed E-state index contributed by atoms with van der Waals surface area (Å²) in [5, 5.41) is 43.5. The van der Waals surface area contributed by atoms with Crippen LogP contribution in [0.5, 0.6) is 0 Å². The van der Waals surface area contributed by atoms with Crippen molar-refractivity contribution in [3.8, 4) is 0 Å². The lowest BCUT2D eigenvalue weighted by Crippen LogP contribution is -2.46. The van der Waals surface area contributed by atoms with Crippen LogP contribution in [0.15, 0.2) is 0 Å². The monoisotopic (exact) mass is 269 g/mol. The fraction of sp³-hybridized carbons (Fsp3) is 0.778. The molecule has 18 heavy (non-hydrogen) atoms. The highest BCUT2D eigenvalue weighted by Gasteiger charge is 2.29. The van der Waals surface area contributed by atoms with Crippen molar-refractivity contribution in [1.82, 2.24) is 0 Å². The van der Waals surface area contributed by atoms with Crippen molar-refractivity contribution in [1.29, 1.82) is 0 Å².